The number of nitrogens with one attached hydrogen (secondary N) is 1. The lowest BCUT2D eigenvalue weighted by Gasteiger charge is -2.39. The van der Waals surface area contributed by atoms with E-state index in [1.165, 1.54) is 56.4 Å². The molecule has 0 radical (unpaired) electrons. The molecule has 1 heterocycles. The highest BCUT2D eigenvalue weighted by molar-refractivity contribution is 5.24. The zero-order chi connectivity index (χ0) is 15.3. The van der Waals surface area contributed by atoms with Gasteiger partial charge in [-0.05, 0) is 63.8 Å². The third-order valence-corrected chi connectivity index (χ3v) is 5.48. The van der Waals surface area contributed by atoms with Gasteiger partial charge in [0.05, 0.1) is 0 Å². The highest BCUT2D eigenvalue weighted by atomic mass is 15.1. The molecule has 1 atom stereocenters. The van der Waals surface area contributed by atoms with E-state index in [4.69, 9.17) is 0 Å². The Hall–Kier alpha value is -0.860. The van der Waals surface area contributed by atoms with Crippen LogP contribution in [0.2, 0.25) is 0 Å². The maximum Gasteiger partial charge on any atom is 0.0329 e. The smallest absolute Gasteiger partial charge is 0.0329 e. The summed E-state index contributed by atoms with van der Waals surface area (Å²) in [5.41, 5.74) is 3.34. The van der Waals surface area contributed by atoms with Crippen molar-refractivity contribution in [1.82, 2.24) is 10.2 Å². The second-order valence-corrected chi connectivity index (χ2v) is 7.05. The molecule has 1 aromatic rings. The zero-order valence-electron chi connectivity index (χ0n) is 14.3. The molecule has 118 valence electrons. The van der Waals surface area contributed by atoms with Crippen LogP contribution in [0.1, 0.15) is 56.7 Å². The summed E-state index contributed by atoms with van der Waals surface area (Å²) in [6, 6.07) is 9.44. The normalized spacial score (nSPS) is 20.4. The first-order valence-electron chi connectivity index (χ1n) is 8.52. The van der Waals surface area contributed by atoms with Crippen LogP contribution in [0.25, 0.3) is 0 Å². The van der Waals surface area contributed by atoms with Crippen LogP contribution in [-0.4, -0.2) is 31.6 Å². The van der Waals surface area contributed by atoms with Crippen molar-refractivity contribution in [2.24, 2.45) is 5.41 Å². The maximum atomic E-state index is 3.48. The van der Waals surface area contributed by atoms with Crippen molar-refractivity contribution in [3.05, 3.63) is 35.4 Å². The third-order valence-electron chi connectivity index (χ3n) is 5.48. The Morgan fingerprint density at radius 3 is 2.33 bits per heavy atom. The Labute approximate surface area is 130 Å². The lowest BCUT2D eigenvalue weighted by atomic mass is 9.78. The minimum Gasteiger partial charge on any atom is -0.313 e. The minimum atomic E-state index is 0.477. The van der Waals surface area contributed by atoms with Gasteiger partial charge >= 0.3 is 0 Å². The molecule has 1 saturated heterocycles. The molecular weight excluding hydrogens is 256 g/mol. The fourth-order valence-electron chi connectivity index (χ4n) is 3.26. The largest absolute Gasteiger partial charge is 0.313 e. The van der Waals surface area contributed by atoms with Gasteiger partial charge in [0.25, 0.3) is 0 Å². The van der Waals surface area contributed by atoms with Crippen molar-refractivity contribution < 1.29 is 0 Å². The number of piperidine rings is 1. The van der Waals surface area contributed by atoms with Gasteiger partial charge in [-0.2, -0.15) is 0 Å². The molecule has 1 fully saturated rings. The summed E-state index contributed by atoms with van der Waals surface area (Å²) >= 11 is 0. The standard InChI is InChI=1S/C19H32N2/c1-5-19(3)11-14-21(15-12-19)13-10-18(20-4)17-8-6-16(2)7-9-17/h6-9,18,20H,5,10-15H2,1-4H3. The number of hydrogen-bond acceptors (Lipinski definition) is 2. The van der Waals surface area contributed by atoms with Crippen LogP contribution in [0, 0.1) is 12.3 Å². The predicted octanol–water partition coefficient (Wildman–Crippen LogP) is 4.16. The highest BCUT2D eigenvalue weighted by Gasteiger charge is 2.28. The van der Waals surface area contributed by atoms with E-state index in [2.05, 4.69) is 62.3 Å². The second kappa shape index (κ2) is 7.42. The first-order chi connectivity index (χ1) is 10.1. The Bertz CT molecular complexity index is 416. The molecule has 21 heavy (non-hydrogen) atoms. The molecule has 1 aliphatic rings. The molecule has 1 aromatic carbocycles. The fourth-order valence-corrected chi connectivity index (χ4v) is 3.26. The van der Waals surface area contributed by atoms with Crippen LogP contribution in [0.4, 0.5) is 0 Å². The van der Waals surface area contributed by atoms with Crippen molar-refractivity contribution in [2.75, 3.05) is 26.7 Å². The lowest BCUT2D eigenvalue weighted by molar-refractivity contribution is 0.111. The molecular formula is C19H32N2. The molecule has 0 aliphatic carbocycles. The van der Waals surface area contributed by atoms with Crippen molar-refractivity contribution in [3.8, 4) is 0 Å². The molecule has 0 aromatic heterocycles. The van der Waals surface area contributed by atoms with Gasteiger partial charge in [0.1, 0.15) is 0 Å². The van der Waals surface area contributed by atoms with Gasteiger partial charge in [-0.25, -0.2) is 0 Å². The molecule has 1 N–H and O–H groups in total. The average molecular weight is 288 g/mol. The zero-order valence-corrected chi connectivity index (χ0v) is 14.3. The van der Waals surface area contributed by atoms with Crippen molar-refractivity contribution in [2.45, 2.75) is 52.5 Å². The monoisotopic (exact) mass is 288 g/mol. The molecule has 0 saturated carbocycles. The van der Waals surface area contributed by atoms with Crippen molar-refractivity contribution >= 4 is 0 Å². The first-order valence-corrected chi connectivity index (χ1v) is 8.52. The molecule has 0 bridgehead atoms. The summed E-state index contributed by atoms with van der Waals surface area (Å²) in [5.74, 6) is 0. The molecule has 1 aliphatic heterocycles. The van der Waals surface area contributed by atoms with Crippen LogP contribution < -0.4 is 5.32 Å². The first kappa shape index (κ1) is 16.5. The Morgan fingerprint density at radius 2 is 1.81 bits per heavy atom. The number of benzene rings is 1. The minimum absolute atomic E-state index is 0.477. The van der Waals surface area contributed by atoms with E-state index in [1.807, 2.05) is 0 Å². The van der Waals surface area contributed by atoms with Gasteiger partial charge in [0, 0.05) is 6.04 Å². The van der Waals surface area contributed by atoms with E-state index in [-0.39, 0.29) is 0 Å². The fraction of sp³-hybridized carbons (Fsp3) is 0.684. The number of nitrogens with zero attached hydrogens (tertiary/aromatic N) is 1. The van der Waals surface area contributed by atoms with E-state index < -0.39 is 0 Å². The van der Waals surface area contributed by atoms with E-state index in [0.29, 0.717) is 11.5 Å². The Kier molecular flexibility index (Phi) is 5.83. The van der Waals surface area contributed by atoms with Gasteiger partial charge in [-0.3, -0.25) is 0 Å². The highest BCUT2D eigenvalue weighted by Crippen LogP contribution is 2.34. The number of aryl methyl sites for hydroxylation is 1. The quantitative estimate of drug-likeness (QED) is 0.845. The molecule has 1 unspecified atom stereocenters. The summed E-state index contributed by atoms with van der Waals surface area (Å²) in [4.78, 5) is 2.65. The summed E-state index contributed by atoms with van der Waals surface area (Å²) in [6.07, 6.45) is 5.24. The third kappa shape index (κ3) is 4.55. The van der Waals surface area contributed by atoms with E-state index in [9.17, 15) is 0 Å². The van der Waals surface area contributed by atoms with Crippen LogP contribution in [-0.2, 0) is 0 Å². The summed E-state index contributed by atoms with van der Waals surface area (Å²) in [5, 5.41) is 3.48. The average Bonchev–Trinajstić information content (AvgIpc) is 2.51. The van der Waals surface area contributed by atoms with Crippen LogP contribution >= 0.6 is 0 Å². The summed E-state index contributed by atoms with van der Waals surface area (Å²) in [6.45, 7) is 10.7. The molecule has 0 spiro atoms. The Morgan fingerprint density at radius 1 is 1.19 bits per heavy atom. The number of rotatable bonds is 6. The summed E-state index contributed by atoms with van der Waals surface area (Å²) < 4.78 is 0. The van der Waals surface area contributed by atoms with Gasteiger partial charge in [-0.1, -0.05) is 50.1 Å². The van der Waals surface area contributed by atoms with Crippen LogP contribution in [0.5, 0.6) is 0 Å². The van der Waals surface area contributed by atoms with Gasteiger partial charge in [0.15, 0.2) is 0 Å². The maximum absolute atomic E-state index is 3.48. The summed E-state index contributed by atoms with van der Waals surface area (Å²) in [7, 11) is 2.08. The molecule has 2 heteroatoms. The van der Waals surface area contributed by atoms with E-state index in [1.54, 1.807) is 0 Å². The van der Waals surface area contributed by atoms with Crippen LogP contribution in [0.3, 0.4) is 0 Å². The number of hydrogen-bond donors (Lipinski definition) is 1. The topological polar surface area (TPSA) is 15.3 Å². The van der Waals surface area contributed by atoms with E-state index >= 15 is 0 Å². The van der Waals surface area contributed by atoms with Gasteiger partial charge in [-0.15, -0.1) is 0 Å². The lowest BCUT2D eigenvalue weighted by Crippen LogP contribution is -2.39. The Balaban J connectivity index is 1.83. The SMILES string of the molecule is CCC1(C)CCN(CCC(NC)c2ccc(C)cc2)CC1. The second-order valence-electron chi connectivity index (χ2n) is 7.05. The van der Waals surface area contributed by atoms with Crippen molar-refractivity contribution in [3.63, 3.8) is 0 Å². The van der Waals surface area contributed by atoms with Crippen LogP contribution in [0.15, 0.2) is 24.3 Å². The van der Waals surface area contributed by atoms with Gasteiger partial charge < -0.3 is 10.2 Å². The number of likely N-dealkylation sites (tertiary alicyclic amines) is 1. The molecule has 2 nitrogen and oxygen atoms in total. The molecule has 2 rings (SSSR count). The molecule has 0 amide bonds. The predicted molar refractivity (Wildman–Crippen MR) is 91.7 cm³/mol. The van der Waals surface area contributed by atoms with Crippen molar-refractivity contribution in [1.29, 1.82) is 0 Å². The van der Waals surface area contributed by atoms with E-state index in [0.717, 1.165) is 0 Å². The van der Waals surface area contributed by atoms with Gasteiger partial charge in [0.2, 0.25) is 0 Å².